The lowest BCUT2D eigenvalue weighted by Gasteiger charge is -2.32. The predicted octanol–water partition coefficient (Wildman–Crippen LogP) is 0.105. The zero-order valence-electron chi connectivity index (χ0n) is 9.98. The van der Waals surface area contributed by atoms with E-state index in [1.165, 1.54) is 0 Å². The van der Waals surface area contributed by atoms with Crippen molar-refractivity contribution >= 4 is 9.84 Å². The number of nitrogens with one attached hydrogen (secondary N) is 1. The van der Waals surface area contributed by atoms with E-state index in [-0.39, 0.29) is 6.04 Å². The quantitative estimate of drug-likeness (QED) is 0.713. The Balaban J connectivity index is 1.96. The number of sulfone groups is 1. The molecule has 1 N–H and O–H groups in total. The molecule has 0 radical (unpaired) electrons. The van der Waals surface area contributed by atoms with Crippen LogP contribution in [0.1, 0.15) is 19.8 Å². The molecule has 2 fully saturated rings. The van der Waals surface area contributed by atoms with Crippen molar-refractivity contribution in [2.45, 2.75) is 25.8 Å². The van der Waals surface area contributed by atoms with Gasteiger partial charge in [-0.05, 0) is 38.4 Å². The van der Waals surface area contributed by atoms with E-state index < -0.39 is 9.84 Å². The average Bonchev–Trinajstić information content (AvgIpc) is 2.52. The lowest BCUT2D eigenvalue weighted by molar-refractivity contribution is 0.169. The molecule has 0 bridgehead atoms. The molecule has 4 nitrogen and oxygen atoms in total. The van der Waals surface area contributed by atoms with E-state index in [4.69, 9.17) is 0 Å². The summed E-state index contributed by atoms with van der Waals surface area (Å²) in [6, 6.07) is 0.283. The number of nitrogens with zero attached hydrogens (tertiary/aromatic N) is 1. The van der Waals surface area contributed by atoms with Crippen LogP contribution in [-0.4, -0.2) is 57.0 Å². The van der Waals surface area contributed by atoms with Crippen molar-refractivity contribution < 1.29 is 8.42 Å². The van der Waals surface area contributed by atoms with Gasteiger partial charge in [0.25, 0.3) is 0 Å². The third-order valence-electron chi connectivity index (χ3n) is 3.56. The Kier molecular flexibility index (Phi) is 3.87. The van der Waals surface area contributed by atoms with Crippen LogP contribution in [0.25, 0.3) is 0 Å². The fourth-order valence-electron chi connectivity index (χ4n) is 2.71. The average molecular weight is 246 g/mol. The molecule has 0 aromatic rings. The van der Waals surface area contributed by atoms with E-state index in [1.807, 2.05) is 0 Å². The monoisotopic (exact) mass is 246 g/mol. The van der Waals surface area contributed by atoms with Crippen molar-refractivity contribution in [2.75, 3.05) is 37.7 Å². The molecule has 2 atom stereocenters. The summed E-state index contributed by atoms with van der Waals surface area (Å²) in [7, 11) is -2.74. The van der Waals surface area contributed by atoms with Gasteiger partial charge < -0.3 is 5.32 Å². The van der Waals surface area contributed by atoms with Gasteiger partial charge in [0, 0.05) is 12.6 Å². The summed E-state index contributed by atoms with van der Waals surface area (Å²) in [6.07, 6.45) is 1.96. The lowest BCUT2D eigenvalue weighted by Crippen LogP contribution is -2.44. The molecule has 0 aromatic heterocycles. The topological polar surface area (TPSA) is 49.4 Å². The highest BCUT2D eigenvalue weighted by atomic mass is 32.2. The molecule has 2 aliphatic rings. The molecule has 0 spiro atoms. The highest BCUT2D eigenvalue weighted by Gasteiger charge is 2.32. The fourth-order valence-corrected chi connectivity index (χ4v) is 4.47. The van der Waals surface area contributed by atoms with Crippen LogP contribution < -0.4 is 5.32 Å². The molecule has 2 aliphatic heterocycles. The molecular formula is C11H22N2O2S. The van der Waals surface area contributed by atoms with Gasteiger partial charge in [0.2, 0.25) is 0 Å². The molecule has 0 aliphatic carbocycles. The van der Waals surface area contributed by atoms with Crippen LogP contribution in [0.4, 0.5) is 0 Å². The van der Waals surface area contributed by atoms with E-state index in [0.29, 0.717) is 17.4 Å². The third-order valence-corrected chi connectivity index (χ3v) is 5.31. The highest BCUT2D eigenvalue weighted by Crippen LogP contribution is 2.19. The van der Waals surface area contributed by atoms with Gasteiger partial charge in [-0.2, -0.15) is 0 Å². The minimum absolute atomic E-state index is 0.283. The molecule has 94 valence electrons. The first-order chi connectivity index (χ1) is 7.57. The van der Waals surface area contributed by atoms with Crippen molar-refractivity contribution in [3.8, 4) is 0 Å². The third kappa shape index (κ3) is 3.18. The van der Waals surface area contributed by atoms with Gasteiger partial charge in [-0.1, -0.05) is 6.92 Å². The maximum atomic E-state index is 11.5. The summed E-state index contributed by atoms with van der Waals surface area (Å²) in [4.78, 5) is 2.40. The Morgan fingerprint density at radius 3 is 2.88 bits per heavy atom. The summed E-state index contributed by atoms with van der Waals surface area (Å²) < 4.78 is 23.0. The molecular weight excluding hydrogens is 224 g/mol. The summed E-state index contributed by atoms with van der Waals surface area (Å²) in [5.41, 5.74) is 0. The van der Waals surface area contributed by atoms with Gasteiger partial charge in [0.1, 0.15) is 0 Å². The van der Waals surface area contributed by atoms with Crippen LogP contribution >= 0.6 is 0 Å². The van der Waals surface area contributed by atoms with Gasteiger partial charge in [0.15, 0.2) is 9.84 Å². The maximum Gasteiger partial charge on any atom is 0.151 e. The second-order valence-corrected chi connectivity index (χ2v) is 7.44. The smallest absolute Gasteiger partial charge is 0.151 e. The maximum absolute atomic E-state index is 11.5. The molecule has 0 saturated carbocycles. The normalized spacial score (nSPS) is 36.8. The van der Waals surface area contributed by atoms with E-state index in [1.54, 1.807) is 0 Å². The van der Waals surface area contributed by atoms with Crippen molar-refractivity contribution in [3.05, 3.63) is 0 Å². The number of rotatable bonds is 1. The molecule has 2 saturated heterocycles. The first kappa shape index (κ1) is 12.3. The lowest BCUT2D eigenvalue weighted by atomic mass is 10.1. The standard InChI is InChI=1S/C11H22N2O2S/c1-10-7-12-4-2-5-13(8-10)11-3-6-16(14,15)9-11/h10-12H,2-9H2,1H3. The van der Waals surface area contributed by atoms with E-state index in [9.17, 15) is 8.42 Å². The van der Waals surface area contributed by atoms with Crippen LogP contribution in [0.5, 0.6) is 0 Å². The van der Waals surface area contributed by atoms with Crippen molar-refractivity contribution in [3.63, 3.8) is 0 Å². The zero-order valence-corrected chi connectivity index (χ0v) is 10.8. The summed E-state index contributed by atoms with van der Waals surface area (Å²) in [5.74, 6) is 1.39. The predicted molar refractivity (Wildman–Crippen MR) is 65.3 cm³/mol. The van der Waals surface area contributed by atoms with Crippen molar-refractivity contribution in [2.24, 2.45) is 5.92 Å². The molecule has 5 heteroatoms. The summed E-state index contributed by atoms with van der Waals surface area (Å²) in [6.45, 7) is 6.41. The summed E-state index contributed by atoms with van der Waals surface area (Å²) in [5, 5.41) is 3.42. The summed E-state index contributed by atoms with van der Waals surface area (Å²) >= 11 is 0. The molecule has 2 heterocycles. The highest BCUT2D eigenvalue weighted by molar-refractivity contribution is 7.91. The van der Waals surface area contributed by atoms with E-state index >= 15 is 0 Å². The largest absolute Gasteiger partial charge is 0.316 e. The second kappa shape index (κ2) is 5.02. The first-order valence-electron chi connectivity index (χ1n) is 6.22. The van der Waals surface area contributed by atoms with Gasteiger partial charge >= 0.3 is 0 Å². The van der Waals surface area contributed by atoms with Crippen LogP contribution in [-0.2, 0) is 9.84 Å². The molecule has 0 amide bonds. The molecule has 0 aromatic carbocycles. The van der Waals surface area contributed by atoms with Gasteiger partial charge in [-0.15, -0.1) is 0 Å². The van der Waals surface area contributed by atoms with Crippen molar-refractivity contribution in [1.82, 2.24) is 10.2 Å². The van der Waals surface area contributed by atoms with Gasteiger partial charge in [-0.25, -0.2) is 8.42 Å². The molecule has 2 rings (SSSR count). The van der Waals surface area contributed by atoms with E-state index in [2.05, 4.69) is 17.1 Å². The van der Waals surface area contributed by atoms with Crippen LogP contribution in [0.2, 0.25) is 0 Å². The fraction of sp³-hybridized carbons (Fsp3) is 1.00. The van der Waals surface area contributed by atoms with Gasteiger partial charge in [0.05, 0.1) is 11.5 Å². The van der Waals surface area contributed by atoms with Crippen LogP contribution in [0, 0.1) is 5.92 Å². The van der Waals surface area contributed by atoms with Crippen molar-refractivity contribution in [1.29, 1.82) is 0 Å². The van der Waals surface area contributed by atoms with Gasteiger partial charge in [-0.3, -0.25) is 4.90 Å². The first-order valence-corrected chi connectivity index (χ1v) is 8.04. The molecule has 2 unspecified atom stereocenters. The number of hydrogen-bond donors (Lipinski definition) is 1. The zero-order chi connectivity index (χ0) is 11.6. The Hall–Kier alpha value is -0.130. The molecule has 16 heavy (non-hydrogen) atoms. The Bertz CT molecular complexity index is 329. The second-order valence-electron chi connectivity index (χ2n) is 5.21. The minimum atomic E-state index is -2.74. The minimum Gasteiger partial charge on any atom is -0.316 e. The number of hydrogen-bond acceptors (Lipinski definition) is 4. The van der Waals surface area contributed by atoms with E-state index in [0.717, 1.165) is 39.0 Å². The Labute approximate surface area is 98.3 Å². The Morgan fingerprint density at radius 1 is 1.38 bits per heavy atom. The van der Waals surface area contributed by atoms with Crippen LogP contribution in [0.15, 0.2) is 0 Å². The van der Waals surface area contributed by atoms with Crippen LogP contribution in [0.3, 0.4) is 0 Å². The Morgan fingerprint density at radius 2 is 2.19 bits per heavy atom. The SMILES string of the molecule is CC1CNCCCN(C2CCS(=O)(=O)C2)C1.